The Morgan fingerprint density at radius 1 is 1.24 bits per heavy atom. The first-order valence-electron chi connectivity index (χ1n) is 7.62. The number of hydrogen-bond donors (Lipinski definition) is 1. The molecular formula is C18H23NO2. The SMILES string of the molecule is COc1cccc(C2CC(NC(C)c3ccc(C)o3)C2)c1. The summed E-state index contributed by atoms with van der Waals surface area (Å²) in [5.41, 5.74) is 1.38. The lowest BCUT2D eigenvalue weighted by atomic mass is 9.75. The number of furan rings is 1. The number of benzene rings is 1. The molecule has 1 aromatic heterocycles. The number of ether oxygens (including phenoxy) is 1. The third-order valence-corrected chi connectivity index (χ3v) is 4.38. The van der Waals surface area contributed by atoms with Gasteiger partial charge in [0.15, 0.2) is 0 Å². The zero-order chi connectivity index (χ0) is 14.8. The Kier molecular flexibility index (Phi) is 4.02. The summed E-state index contributed by atoms with van der Waals surface area (Å²) in [4.78, 5) is 0. The fourth-order valence-corrected chi connectivity index (χ4v) is 3.04. The van der Waals surface area contributed by atoms with Gasteiger partial charge in [0.25, 0.3) is 0 Å². The lowest BCUT2D eigenvalue weighted by Crippen LogP contribution is -2.41. The third kappa shape index (κ3) is 3.13. The van der Waals surface area contributed by atoms with E-state index in [0.29, 0.717) is 12.0 Å². The standard InChI is InChI=1S/C18H23NO2/c1-12-7-8-18(21-12)13(2)19-16-9-15(10-16)14-5-4-6-17(11-14)20-3/h4-8,11,13,15-16,19H,9-10H2,1-3H3. The minimum Gasteiger partial charge on any atom is -0.497 e. The second-order valence-electron chi connectivity index (χ2n) is 5.98. The van der Waals surface area contributed by atoms with Gasteiger partial charge in [-0.05, 0) is 62.4 Å². The molecule has 112 valence electrons. The molecule has 0 aliphatic heterocycles. The topological polar surface area (TPSA) is 34.4 Å². The predicted molar refractivity (Wildman–Crippen MR) is 83.8 cm³/mol. The summed E-state index contributed by atoms with van der Waals surface area (Å²) in [7, 11) is 1.72. The molecular weight excluding hydrogens is 262 g/mol. The zero-order valence-electron chi connectivity index (χ0n) is 12.9. The maximum atomic E-state index is 5.68. The van der Waals surface area contributed by atoms with E-state index in [9.17, 15) is 0 Å². The normalized spacial score (nSPS) is 22.6. The van der Waals surface area contributed by atoms with Crippen molar-refractivity contribution in [1.82, 2.24) is 5.32 Å². The van der Waals surface area contributed by atoms with Gasteiger partial charge >= 0.3 is 0 Å². The van der Waals surface area contributed by atoms with Gasteiger partial charge in [-0.3, -0.25) is 0 Å². The van der Waals surface area contributed by atoms with Crippen LogP contribution in [0.2, 0.25) is 0 Å². The number of methoxy groups -OCH3 is 1. The molecule has 3 rings (SSSR count). The van der Waals surface area contributed by atoms with Gasteiger partial charge < -0.3 is 14.5 Å². The van der Waals surface area contributed by atoms with Crippen LogP contribution in [0.3, 0.4) is 0 Å². The minimum absolute atomic E-state index is 0.273. The molecule has 0 radical (unpaired) electrons. The smallest absolute Gasteiger partial charge is 0.120 e. The summed E-state index contributed by atoms with van der Waals surface area (Å²) in [6.45, 7) is 4.15. The highest BCUT2D eigenvalue weighted by molar-refractivity contribution is 5.32. The van der Waals surface area contributed by atoms with Crippen molar-refractivity contribution in [3.63, 3.8) is 0 Å². The lowest BCUT2D eigenvalue weighted by Gasteiger charge is -2.38. The Hall–Kier alpha value is -1.74. The second-order valence-corrected chi connectivity index (χ2v) is 5.98. The van der Waals surface area contributed by atoms with E-state index in [0.717, 1.165) is 17.3 Å². The van der Waals surface area contributed by atoms with Crippen molar-refractivity contribution in [2.24, 2.45) is 0 Å². The van der Waals surface area contributed by atoms with E-state index in [1.807, 2.05) is 19.1 Å². The Bertz CT molecular complexity index is 599. The van der Waals surface area contributed by atoms with Crippen LogP contribution < -0.4 is 10.1 Å². The van der Waals surface area contributed by atoms with Crippen LogP contribution >= 0.6 is 0 Å². The monoisotopic (exact) mass is 285 g/mol. The van der Waals surface area contributed by atoms with Crippen LogP contribution in [0, 0.1) is 6.92 Å². The molecule has 1 aromatic carbocycles. The van der Waals surface area contributed by atoms with Crippen LogP contribution in [-0.2, 0) is 0 Å². The third-order valence-electron chi connectivity index (χ3n) is 4.38. The maximum absolute atomic E-state index is 5.68. The Labute approximate surface area is 126 Å². The molecule has 1 aliphatic rings. The summed E-state index contributed by atoms with van der Waals surface area (Å²) in [5, 5.41) is 3.65. The molecule has 21 heavy (non-hydrogen) atoms. The van der Waals surface area contributed by atoms with E-state index in [1.165, 1.54) is 18.4 Å². The Morgan fingerprint density at radius 2 is 2.05 bits per heavy atom. The first-order chi connectivity index (χ1) is 10.2. The summed E-state index contributed by atoms with van der Waals surface area (Å²) in [5.74, 6) is 3.59. The summed E-state index contributed by atoms with van der Waals surface area (Å²) in [6, 6.07) is 13.3. The molecule has 1 unspecified atom stereocenters. The van der Waals surface area contributed by atoms with Crippen molar-refractivity contribution < 1.29 is 9.15 Å². The van der Waals surface area contributed by atoms with Gasteiger partial charge in [0.1, 0.15) is 17.3 Å². The van der Waals surface area contributed by atoms with E-state index >= 15 is 0 Å². The molecule has 1 atom stereocenters. The molecule has 1 heterocycles. The lowest BCUT2D eigenvalue weighted by molar-refractivity contribution is 0.257. The average Bonchev–Trinajstić information content (AvgIpc) is 2.89. The van der Waals surface area contributed by atoms with Gasteiger partial charge in [0.05, 0.1) is 13.2 Å². The highest BCUT2D eigenvalue weighted by atomic mass is 16.5. The Morgan fingerprint density at radius 3 is 2.71 bits per heavy atom. The molecule has 1 saturated carbocycles. The van der Waals surface area contributed by atoms with Crippen LogP contribution in [-0.4, -0.2) is 13.2 Å². The van der Waals surface area contributed by atoms with Gasteiger partial charge in [-0.15, -0.1) is 0 Å². The molecule has 0 bridgehead atoms. The first kappa shape index (κ1) is 14.2. The van der Waals surface area contributed by atoms with Gasteiger partial charge in [0.2, 0.25) is 0 Å². The molecule has 1 N–H and O–H groups in total. The van der Waals surface area contributed by atoms with Gasteiger partial charge in [-0.25, -0.2) is 0 Å². The minimum atomic E-state index is 0.273. The number of aryl methyl sites for hydroxylation is 1. The van der Waals surface area contributed by atoms with Gasteiger partial charge in [-0.1, -0.05) is 12.1 Å². The number of rotatable bonds is 5. The van der Waals surface area contributed by atoms with E-state index in [-0.39, 0.29) is 6.04 Å². The number of nitrogens with one attached hydrogen (secondary N) is 1. The predicted octanol–water partition coefficient (Wildman–Crippen LogP) is 4.19. The average molecular weight is 285 g/mol. The molecule has 1 aliphatic carbocycles. The molecule has 0 amide bonds. The van der Waals surface area contributed by atoms with Crippen LogP contribution in [0.4, 0.5) is 0 Å². The van der Waals surface area contributed by atoms with E-state index in [2.05, 4.69) is 36.5 Å². The fraction of sp³-hybridized carbons (Fsp3) is 0.444. The van der Waals surface area contributed by atoms with E-state index in [4.69, 9.17) is 9.15 Å². The largest absolute Gasteiger partial charge is 0.497 e. The molecule has 3 nitrogen and oxygen atoms in total. The van der Waals surface area contributed by atoms with Crippen LogP contribution in [0.25, 0.3) is 0 Å². The van der Waals surface area contributed by atoms with Crippen LogP contribution in [0.5, 0.6) is 5.75 Å². The van der Waals surface area contributed by atoms with Crippen molar-refractivity contribution in [2.45, 2.75) is 44.7 Å². The fourth-order valence-electron chi connectivity index (χ4n) is 3.04. The quantitative estimate of drug-likeness (QED) is 0.894. The second kappa shape index (κ2) is 5.94. The molecule has 0 spiro atoms. The molecule has 1 fully saturated rings. The van der Waals surface area contributed by atoms with Crippen molar-refractivity contribution in [3.05, 3.63) is 53.5 Å². The van der Waals surface area contributed by atoms with Crippen molar-refractivity contribution in [1.29, 1.82) is 0 Å². The van der Waals surface area contributed by atoms with Gasteiger partial charge in [0, 0.05) is 6.04 Å². The zero-order valence-corrected chi connectivity index (χ0v) is 12.9. The summed E-state index contributed by atoms with van der Waals surface area (Å²) < 4.78 is 11.0. The molecule has 3 heteroatoms. The summed E-state index contributed by atoms with van der Waals surface area (Å²) >= 11 is 0. The van der Waals surface area contributed by atoms with E-state index < -0.39 is 0 Å². The Balaban J connectivity index is 1.53. The molecule has 0 saturated heterocycles. The first-order valence-corrected chi connectivity index (χ1v) is 7.62. The number of hydrogen-bond acceptors (Lipinski definition) is 3. The van der Waals surface area contributed by atoms with Crippen molar-refractivity contribution in [2.75, 3.05) is 7.11 Å². The van der Waals surface area contributed by atoms with Crippen LogP contribution in [0.1, 0.15) is 48.8 Å². The summed E-state index contributed by atoms with van der Waals surface area (Å²) in [6.07, 6.45) is 2.36. The maximum Gasteiger partial charge on any atom is 0.120 e. The highest BCUT2D eigenvalue weighted by Crippen LogP contribution is 2.39. The van der Waals surface area contributed by atoms with Crippen LogP contribution in [0.15, 0.2) is 40.8 Å². The van der Waals surface area contributed by atoms with E-state index in [1.54, 1.807) is 7.11 Å². The van der Waals surface area contributed by atoms with Crippen molar-refractivity contribution in [3.8, 4) is 5.75 Å². The van der Waals surface area contributed by atoms with Crippen molar-refractivity contribution >= 4 is 0 Å². The highest BCUT2D eigenvalue weighted by Gasteiger charge is 2.31. The van der Waals surface area contributed by atoms with Gasteiger partial charge in [-0.2, -0.15) is 0 Å². The molecule has 2 aromatic rings.